The van der Waals surface area contributed by atoms with Crippen molar-refractivity contribution in [3.8, 4) is 5.75 Å². The van der Waals surface area contributed by atoms with Gasteiger partial charge in [0.05, 0.1) is 12.6 Å². The van der Waals surface area contributed by atoms with Gasteiger partial charge >= 0.3 is 0 Å². The standard InChI is InChI=1S/C16H19NOS/c1-10-7-19-8-12(10)15(17)11-4-5-14-13(6-11)16(2,3)9-18-14/h4-8,15H,9,17H2,1-3H3. The smallest absolute Gasteiger partial charge is 0.123 e. The lowest BCUT2D eigenvalue weighted by Crippen LogP contribution is -2.19. The van der Waals surface area contributed by atoms with Crippen LogP contribution in [0.5, 0.6) is 5.75 Å². The van der Waals surface area contributed by atoms with Crippen molar-refractivity contribution in [3.63, 3.8) is 0 Å². The van der Waals surface area contributed by atoms with Crippen LogP contribution in [-0.2, 0) is 5.41 Å². The maximum absolute atomic E-state index is 6.41. The molecule has 0 aliphatic carbocycles. The summed E-state index contributed by atoms with van der Waals surface area (Å²) in [6.45, 7) is 7.29. The van der Waals surface area contributed by atoms with Gasteiger partial charge in [0.1, 0.15) is 5.75 Å². The molecule has 1 aromatic carbocycles. The molecule has 0 bridgehead atoms. The van der Waals surface area contributed by atoms with Crippen molar-refractivity contribution in [2.24, 2.45) is 5.73 Å². The second-order valence-corrected chi connectivity index (χ2v) is 6.66. The Kier molecular flexibility index (Phi) is 2.91. The molecule has 2 nitrogen and oxygen atoms in total. The lowest BCUT2D eigenvalue weighted by molar-refractivity contribution is 0.291. The van der Waals surface area contributed by atoms with Gasteiger partial charge in [-0.3, -0.25) is 0 Å². The normalized spacial score (nSPS) is 17.9. The van der Waals surface area contributed by atoms with E-state index >= 15 is 0 Å². The molecule has 0 fully saturated rings. The lowest BCUT2D eigenvalue weighted by Gasteiger charge is -2.18. The Bertz CT molecular complexity index is 615. The van der Waals surface area contributed by atoms with Crippen molar-refractivity contribution in [1.82, 2.24) is 0 Å². The van der Waals surface area contributed by atoms with Crippen molar-refractivity contribution < 1.29 is 4.74 Å². The number of thiophene rings is 1. The average molecular weight is 273 g/mol. The topological polar surface area (TPSA) is 35.2 Å². The Hall–Kier alpha value is -1.32. The summed E-state index contributed by atoms with van der Waals surface area (Å²) in [5, 5.41) is 4.30. The predicted molar refractivity (Wildman–Crippen MR) is 80.0 cm³/mol. The van der Waals surface area contributed by atoms with E-state index in [-0.39, 0.29) is 11.5 Å². The second kappa shape index (κ2) is 4.36. The summed E-state index contributed by atoms with van der Waals surface area (Å²) in [7, 11) is 0. The van der Waals surface area contributed by atoms with E-state index in [0.717, 1.165) is 12.4 Å². The zero-order valence-corrected chi connectivity index (χ0v) is 12.4. The molecule has 0 saturated carbocycles. The Balaban J connectivity index is 2.02. The van der Waals surface area contributed by atoms with E-state index in [4.69, 9.17) is 10.5 Å². The van der Waals surface area contributed by atoms with Gasteiger partial charge in [-0.25, -0.2) is 0 Å². The number of rotatable bonds is 2. The van der Waals surface area contributed by atoms with Gasteiger partial charge in [-0.1, -0.05) is 19.9 Å². The summed E-state index contributed by atoms with van der Waals surface area (Å²) in [5.74, 6) is 1.00. The molecule has 0 amide bonds. The monoisotopic (exact) mass is 273 g/mol. The summed E-state index contributed by atoms with van der Waals surface area (Å²) in [5.41, 5.74) is 11.4. The van der Waals surface area contributed by atoms with Crippen LogP contribution < -0.4 is 10.5 Å². The van der Waals surface area contributed by atoms with Crippen molar-refractivity contribution in [2.45, 2.75) is 32.2 Å². The first-order valence-electron chi connectivity index (χ1n) is 6.54. The number of nitrogens with two attached hydrogens (primary N) is 1. The SMILES string of the molecule is Cc1cscc1C(N)c1ccc2c(c1)C(C)(C)CO2. The molecule has 2 aromatic rings. The third kappa shape index (κ3) is 2.07. The molecule has 1 aliphatic heterocycles. The fraction of sp³-hybridized carbons (Fsp3) is 0.375. The van der Waals surface area contributed by atoms with E-state index in [2.05, 4.69) is 49.7 Å². The molecular weight excluding hydrogens is 254 g/mol. The van der Waals surface area contributed by atoms with Crippen LogP contribution in [0.3, 0.4) is 0 Å². The Labute approximate surface area is 118 Å². The zero-order valence-electron chi connectivity index (χ0n) is 11.6. The first-order chi connectivity index (χ1) is 8.99. The Morgan fingerprint density at radius 1 is 1.32 bits per heavy atom. The van der Waals surface area contributed by atoms with Crippen LogP contribution >= 0.6 is 11.3 Å². The number of ether oxygens (including phenoxy) is 1. The van der Waals surface area contributed by atoms with Crippen LogP contribution in [-0.4, -0.2) is 6.61 Å². The molecule has 1 unspecified atom stereocenters. The Morgan fingerprint density at radius 2 is 2.11 bits per heavy atom. The minimum Gasteiger partial charge on any atom is -0.492 e. The fourth-order valence-electron chi connectivity index (χ4n) is 2.60. The van der Waals surface area contributed by atoms with Gasteiger partial charge in [-0.15, -0.1) is 0 Å². The number of aryl methyl sites for hydroxylation is 1. The highest BCUT2D eigenvalue weighted by Gasteiger charge is 2.32. The largest absolute Gasteiger partial charge is 0.492 e. The van der Waals surface area contributed by atoms with E-state index in [1.807, 2.05) is 0 Å². The van der Waals surface area contributed by atoms with Crippen LogP contribution in [0.15, 0.2) is 29.0 Å². The Morgan fingerprint density at radius 3 is 2.79 bits per heavy atom. The summed E-state index contributed by atoms with van der Waals surface area (Å²) in [4.78, 5) is 0. The van der Waals surface area contributed by atoms with Crippen molar-refractivity contribution in [1.29, 1.82) is 0 Å². The second-order valence-electron chi connectivity index (χ2n) is 5.92. The highest BCUT2D eigenvalue weighted by atomic mass is 32.1. The average Bonchev–Trinajstić information content (AvgIpc) is 2.93. The lowest BCUT2D eigenvalue weighted by atomic mass is 9.85. The molecule has 1 aromatic heterocycles. The van der Waals surface area contributed by atoms with Crippen LogP contribution in [0.4, 0.5) is 0 Å². The van der Waals surface area contributed by atoms with E-state index in [9.17, 15) is 0 Å². The van der Waals surface area contributed by atoms with Gasteiger partial charge in [0.2, 0.25) is 0 Å². The molecule has 0 spiro atoms. The quantitative estimate of drug-likeness (QED) is 0.904. The van der Waals surface area contributed by atoms with Crippen molar-refractivity contribution >= 4 is 11.3 Å². The molecule has 100 valence electrons. The summed E-state index contributed by atoms with van der Waals surface area (Å²) in [6.07, 6.45) is 0. The molecule has 2 heterocycles. The zero-order chi connectivity index (χ0) is 13.6. The van der Waals surface area contributed by atoms with Gasteiger partial charge in [0.25, 0.3) is 0 Å². The molecule has 1 aliphatic rings. The van der Waals surface area contributed by atoms with Gasteiger partial charge in [0.15, 0.2) is 0 Å². The van der Waals surface area contributed by atoms with E-state index in [1.54, 1.807) is 11.3 Å². The maximum Gasteiger partial charge on any atom is 0.123 e. The van der Waals surface area contributed by atoms with Crippen LogP contribution in [0.1, 0.15) is 42.1 Å². The molecule has 3 rings (SSSR count). The fourth-order valence-corrected chi connectivity index (χ4v) is 3.49. The highest BCUT2D eigenvalue weighted by molar-refractivity contribution is 7.08. The summed E-state index contributed by atoms with van der Waals surface area (Å²) >= 11 is 1.71. The van der Waals surface area contributed by atoms with Crippen molar-refractivity contribution in [3.05, 3.63) is 51.2 Å². The van der Waals surface area contributed by atoms with Crippen LogP contribution in [0, 0.1) is 6.92 Å². The van der Waals surface area contributed by atoms with Crippen LogP contribution in [0.2, 0.25) is 0 Å². The number of hydrogen-bond acceptors (Lipinski definition) is 3. The van der Waals surface area contributed by atoms with E-state index in [0.29, 0.717) is 0 Å². The first-order valence-corrected chi connectivity index (χ1v) is 7.49. The summed E-state index contributed by atoms with van der Waals surface area (Å²) in [6, 6.07) is 6.31. The van der Waals surface area contributed by atoms with Gasteiger partial charge in [0, 0.05) is 11.0 Å². The van der Waals surface area contributed by atoms with Crippen LogP contribution in [0.25, 0.3) is 0 Å². The molecule has 0 radical (unpaired) electrons. The summed E-state index contributed by atoms with van der Waals surface area (Å²) < 4.78 is 5.72. The minimum atomic E-state index is -0.0482. The molecule has 19 heavy (non-hydrogen) atoms. The molecule has 3 heteroatoms. The third-order valence-electron chi connectivity index (χ3n) is 3.91. The molecule has 0 saturated heterocycles. The van der Waals surface area contributed by atoms with Gasteiger partial charge < -0.3 is 10.5 Å². The maximum atomic E-state index is 6.41. The number of benzene rings is 1. The van der Waals surface area contributed by atoms with Gasteiger partial charge in [-0.2, -0.15) is 11.3 Å². The molecule has 1 atom stereocenters. The highest BCUT2D eigenvalue weighted by Crippen LogP contribution is 2.40. The van der Waals surface area contributed by atoms with Crippen molar-refractivity contribution in [2.75, 3.05) is 6.61 Å². The molecular formula is C16H19NOS. The van der Waals surface area contributed by atoms with E-state index in [1.165, 1.54) is 22.3 Å². The van der Waals surface area contributed by atoms with E-state index < -0.39 is 0 Å². The first kappa shape index (κ1) is 12.7. The molecule has 2 N–H and O–H groups in total. The number of hydrogen-bond donors (Lipinski definition) is 1. The minimum absolute atomic E-state index is 0.0482. The number of fused-ring (bicyclic) bond motifs is 1. The van der Waals surface area contributed by atoms with Gasteiger partial charge in [-0.05, 0) is 46.5 Å². The third-order valence-corrected chi connectivity index (χ3v) is 4.79. The predicted octanol–water partition coefficient (Wildman–Crippen LogP) is 3.77.